The zero-order valence-electron chi connectivity index (χ0n) is 8.35. The molecule has 0 aliphatic heterocycles. The van der Waals surface area contributed by atoms with Crippen LogP contribution < -0.4 is 0 Å². The molecule has 0 saturated carbocycles. The molecule has 0 spiro atoms. The average Bonchev–Trinajstić information content (AvgIpc) is 2.30. The second-order valence-corrected chi connectivity index (χ2v) is 3.61. The number of hydrogen-bond donors (Lipinski definition) is 0. The van der Waals surface area contributed by atoms with E-state index in [1.165, 1.54) is 0 Å². The number of nitrogens with zero attached hydrogens (tertiary/aromatic N) is 2. The van der Waals surface area contributed by atoms with Crippen molar-refractivity contribution >= 4 is 17.2 Å². The van der Waals surface area contributed by atoms with E-state index in [0.29, 0.717) is 0 Å². The topological polar surface area (TPSA) is 35.0 Å². The van der Waals surface area contributed by atoms with Gasteiger partial charge in [0.05, 0.1) is 6.10 Å². The Morgan fingerprint density at radius 3 is 2.67 bits per heavy atom. The minimum atomic E-state index is 0.182. The molecule has 0 saturated heterocycles. The first-order chi connectivity index (χ1) is 7.29. The van der Waals surface area contributed by atoms with Crippen molar-refractivity contribution in [2.24, 2.45) is 0 Å². The molecule has 0 amide bonds. The van der Waals surface area contributed by atoms with Gasteiger partial charge in [0.1, 0.15) is 0 Å². The zero-order valence-corrected chi connectivity index (χ0v) is 9.11. The highest BCUT2D eigenvalue weighted by atomic mass is 35.5. The maximum Gasteiger partial charge on any atom is 0.222 e. The fourth-order valence-corrected chi connectivity index (χ4v) is 1.55. The summed E-state index contributed by atoms with van der Waals surface area (Å²) < 4.78 is 5.21. The number of halogens is 1. The Balaban J connectivity index is 2.17. The number of rotatable bonds is 2. The van der Waals surface area contributed by atoms with Gasteiger partial charge in [0, 0.05) is 25.1 Å². The molecule has 1 aromatic rings. The Morgan fingerprint density at radius 2 is 2.13 bits per heavy atom. The summed E-state index contributed by atoms with van der Waals surface area (Å²) in [6.45, 7) is 0. The number of ether oxygens (including phenoxy) is 1. The van der Waals surface area contributed by atoms with E-state index in [1.54, 1.807) is 19.5 Å². The van der Waals surface area contributed by atoms with Crippen LogP contribution in [0.3, 0.4) is 0 Å². The monoisotopic (exact) mass is 222 g/mol. The van der Waals surface area contributed by atoms with E-state index in [0.717, 1.165) is 17.6 Å². The van der Waals surface area contributed by atoms with E-state index in [9.17, 15) is 0 Å². The van der Waals surface area contributed by atoms with Gasteiger partial charge in [-0.15, -0.1) is 0 Å². The second-order valence-electron chi connectivity index (χ2n) is 3.27. The third-order valence-corrected chi connectivity index (χ3v) is 2.51. The molecule has 1 aromatic heterocycles. The molecule has 1 atom stereocenters. The first-order valence-electron chi connectivity index (χ1n) is 4.68. The molecule has 0 fully saturated rings. The Kier molecular flexibility index (Phi) is 3.14. The summed E-state index contributed by atoms with van der Waals surface area (Å²) >= 11 is 5.62. The zero-order chi connectivity index (χ0) is 10.7. The van der Waals surface area contributed by atoms with Crippen molar-refractivity contribution in [1.29, 1.82) is 0 Å². The fourth-order valence-electron chi connectivity index (χ4n) is 1.45. The van der Waals surface area contributed by atoms with Crippen LogP contribution in [0.1, 0.15) is 12.0 Å². The molecule has 4 heteroatoms. The van der Waals surface area contributed by atoms with Gasteiger partial charge in [-0.3, -0.25) is 0 Å². The molecule has 78 valence electrons. The number of hydrogen-bond acceptors (Lipinski definition) is 3. The lowest BCUT2D eigenvalue weighted by atomic mass is 10.0. The number of allylic oxidation sites excluding steroid dienone is 2. The summed E-state index contributed by atoms with van der Waals surface area (Å²) in [6.07, 6.45) is 10.7. The molecule has 0 aromatic carbocycles. The third kappa shape index (κ3) is 2.43. The van der Waals surface area contributed by atoms with Crippen LogP contribution >= 0.6 is 11.6 Å². The Morgan fingerprint density at radius 1 is 1.40 bits per heavy atom. The van der Waals surface area contributed by atoms with E-state index in [-0.39, 0.29) is 11.4 Å². The molecule has 1 aliphatic carbocycles. The smallest absolute Gasteiger partial charge is 0.222 e. The Labute approximate surface area is 93.5 Å². The molecule has 2 rings (SSSR count). The molecule has 1 aliphatic rings. The van der Waals surface area contributed by atoms with Crippen molar-refractivity contribution in [3.63, 3.8) is 0 Å². The Bertz CT molecular complexity index is 398. The minimum Gasteiger partial charge on any atom is -0.377 e. The number of aromatic nitrogens is 2. The molecule has 3 nitrogen and oxygen atoms in total. The molecule has 0 N–H and O–H groups in total. The summed E-state index contributed by atoms with van der Waals surface area (Å²) in [5.41, 5.74) is 2.09. The summed E-state index contributed by atoms with van der Waals surface area (Å²) in [5, 5.41) is 0.272. The van der Waals surface area contributed by atoms with E-state index >= 15 is 0 Å². The maximum atomic E-state index is 5.62. The summed E-state index contributed by atoms with van der Waals surface area (Å²) in [7, 11) is 1.71. The highest BCUT2D eigenvalue weighted by molar-refractivity contribution is 6.28. The highest BCUT2D eigenvalue weighted by Gasteiger charge is 2.08. The molecular formula is C11H11ClN2O. The van der Waals surface area contributed by atoms with Crippen molar-refractivity contribution in [2.45, 2.75) is 12.5 Å². The molecule has 0 radical (unpaired) electrons. The van der Waals surface area contributed by atoms with Crippen molar-refractivity contribution in [2.75, 3.05) is 7.11 Å². The summed E-state index contributed by atoms with van der Waals surface area (Å²) in [6, 6.07) is 0. The second kappa shape index (κ2) is 4.55. The van der Waals surface area contributed by atoms with Crippen molar-refractivity contribution < 1.29 is 4.74 Å². The SMILES string of the molecule is COC1C=CC(c2cnc(Cl)nc2)=CC1. The van der Waals surface area contributed by atoms with Gasteiger partial charge in [0.2, 0.25) is 5.28 Å². The van der Waals surface area contributed by atoms with Gasteiger partial charge in [0.15, 0.2) is 0 Å². The predicted molar refractivity (Wildman–Crippen MR) is 59.6 cm³/mol. The van der Waals surface area contributed by atoms with Crippen LogP contribution in [0.25, 0.3) is 5.57 Å². The van der Waals surface area contributed by atoms with E-state index in [2.05, 4.69) is 16.0 Å². The van der Waals surface area contributed by atoms with Crippen molar-refractivity contribution in [3.05, 3.63) is 41.5 Å². The highest BCUT2D eigenvalue weighted by Crippen LogP contribution is 2.21. The lowest BCUT2D eigenvalue weighted by Gasteiger charge is -2.14. The third-order valence-electron chi connectivity index (χ3n) is 2.32. The van der Waals surface area contributed by atoms with E-state index in [1.807, 2.05) is 12.2 Å². The van der Waals surface area contributed by atoms with Gasteiger partial charge in [0.25, 0.3) is 0 Å². The van der Waals surface area contributed by atoms with Gasteiger partial charge < -0.3 is 4.74 Å². The summed E-state index contributed by atoms with van der Waals surface area (Å²) in [4.78, 5) is 7.88. The lowest BCUT2D eigenvalue weighted by Crippen LogP contribution is -2.08. The molecular weight excluding hydrogens is 212 g/mol. The van der Waals surface area contributed by atoms with Gasteiger partial charge in [-0.1, -0.05) is 18.2 Å². The quantitative estimate of drug-likeness (QED) is 0.722. The molecule has 1 unspecified atom stereocenters. The molecule has 15 heavy (non-hydrogen) atoms. The molecule has 0 bridgehead atoms. The van der Waals surface area contributed by atoms with Crippen molar-refractivity contribution in [3.8, 4) is 0 Å². The van der Waals surface area contributed by atoms with E-state index in [4.69, 9.17) is 16.3 Å². The van der Waals surface area contributed by atoms with Gasteiger partial charge >= 0.3 is 0 Å². The van der Waals surface area contributed by atoms with Crippen LogP contribution in [0.5, 0.6) is 0 Å². The summed E-state index contributed by atoms with van der Waals surface area (Å²) in [5.74, 6) is 0. The van der Waals surface area contributed by atoms with Crippen LogP contribution in [0.2, 0.25) is 5.28 Å². The van der Waals surface area contributed by atoms with E-state index < -0.39 is 0 Å². The van der Waals surface area contributed by atoms with Gasteiger partial charge in [-0.05, 0) is 23.6 Å². The fraction of sp³-hybridized carbons (Fsp3) is 0.273. The normalized spacial score (nSPS) is 20.1. The minimum absolute atomic E-state index is 0.182. The van der Waals surface area contributed by atoms with Crippen LogP contribution in [0.4, 0.5) is 0 Å². The van der Waals surface area contributed by atoms with Crippen LogP contribution in [-0.4, -0.2) is 23.2 Å². The Hall–Kier alpha value is -1.19. The standard InChI is InChI=1S/C11H11ClN2O/c1-15-10-4-2-8(3-5-10)9-6-13-11(12)14-7-9/h2-4,6-7,10H,5H2,1H3. The van der Waals surface area contributed by atoms with Crippen LogP contribution in [0.15, 0.2) is 30.6 Å². The first kappa shape index (κ1) is 10.3. The maximum absolute atomic E-state index is 5.62. The van der Waals surface area contributed by atoms with Gasteiger partial charge in [-0.25, -0.2) is 9.97 Å². The number of methoxy groups -OCH3 is 1. The van der Waals surface area contributed by atoms with Gasteiger partial charge in [-0.2, -0.15) is 0 Å². The largest absolute Gasteiger partial charge is 0.377 e. The predicted octanol–water partition coefficient (Wildman–Crippen LogP) is 2.49. The first-order valence-corrected chi connectivity index (χ1v) is 5.06. The van der Waals surface area contributed by atoms with Crippen LogP contribution in [-0.2, 0) is 4.74 Å². The lowest BCUT2D eigenvalue weighted by molar-refractivity contribution is 0.143. The average molecular weight is 223 g/mol. The van der Waals surface area contributed by atoms with Crippen LogP contribution in [0, 0.1) is 0 Å². The molecule has 1 heterocycles. The van der Waals surface area contributed by atoms with Crippen molar-refractivity contribution in [1.82, 2.24) is 9.97 Å².